The Hall–Kier alpha value is -3.17. The monoisotopic (exact) mass is 333 g/mol. The lowest BCUT2D eigenvalue weighted by molar-refractivity contribution is -0.154. The van der Waals surface area contributed by atoms with Gasteiger partial charge < -0.3 is 14.4 Å². The van der Waals surface area contributed by atoms with Crippen LogP contribution in [0.5, 0.6) is 0 Å². The lowest BCUT2D eigenvalue weighted by atomic mass is 9.83. The summed E-state index contributed by atoms with van der Waals surface area (Å²) in [5.41, 5.74) is -3.27. The van der Waals surface area contributed by atoms with Crippen molar-refractivity contribution in [1.29, 1.82) is 0 Å². The Morgan fingerprint density at radius 2 is 2.12 bits per heavy atom. The van der Waals surface area contributed by atoms with Crippen molar-refractivity contribution in [3.63, 3.8) is 0 Å². The van der Waals surface area contributed by atoms with E-state index in [1.54, 1.807) is 0 Å². The third-order valence-electron chi connectivity index (χ3n) is 4.39. The fraction of sp³-hybridized carbons (Fsp3) is 0.357. The molecule has 0 fully saturated rings. The molecule has 0 saturated carbocycles. The summed E-state index contributed by atoms with van der Waals surface area (Å²) in [5, 5.41) is 14.7. The summed E-state index contributed by atoms with van der Waals surface area (Å²) >= 11 is 0. The standard InChI is InChI=1S/C14H11N3O7/c1-2-14(16-23)8-3-9-10(15-22)6(12(19)20)4-17(9)11(18)7(8)5-24-13(14)21/h3H,2,4-5H2,1H3,(H,19,20). The maximum absolute atomic E-state index is 12.6. The molecule has 124 valence electrons. The van der Waals surface area contributed by atoms with Gasteiger partial charge in [-0.15, -0.1) is 9.81 Å². The zero-order chi connectivity index (χ0) is 17.6. The zero-order valence-electron chi connectivity index (χ0n) is 12.4. The van der Waals surface area contributed by atoms with Crippen LogP contribution >= 0.6 is 0 Å². The van der Waals surface area contributed by atoms with Gasteiger partial charge in [-0.1, -0.05) is 6.92 Å². The van der Waals surface area contributed by atoms with E-state index in [0.29, 0.717) is 0 Å². The second-order valence-corrected chi connectivity index (χ2v) is 5.42. The summed E-state index contributed by atoms with van der Waals surface area (Å²) in [6.07, 6.45) is -0.0510. The van der Waals surface area contributed by atoms with Crippen molar-refractivity contribution in [2.24, 2.45) is 10.4 Å². The van der Waals surface area contributed by atoms with E-state index in [1.807, 2.05) is 0 Å². The van der Waals surface area contributed by atoms with Crippen LogP contribution in [0, 0.1) is 9.81 Å². The lowest BCUT2D eigenvalue weighted by Crippen LogP contribution is -2.43. The Morgan fingerprint density at radius 3 is 2.67 bits per heavy atom. The SMILES string of the molecule is CCC1(N=O)C(=O)OCc2c1cc1n(c2=O)CC(C(=O)O)=C1N=O. The Kier molecular flexibility index (Phi) is 3.39. The van der Waals surface area contributed by atoms with E-state index in [9.17, 15) is 24.2 Å². The average molecular weight is 333 g/mol. The molecule has 10 nitrogen and oxygen atoms in total. The molecule has 1 unspecified atom stereocenters. The number of ether oxygens (including phenoxy) is 1. The highest BCUT2D eigenvalue weighted by molar-refractivity contribution is 5.97. The Balaban J connectivity index is 2.36. The first-order chi connectivity index (χ1) is 11.4. The van der Waals surface area contributed by atoms with Crippen LogP contribution in [0.2, 0.25) is 0 Å². The number of hydrogen-bond donors (Lipinski definition) is 1. The number of cyclic esters (lactones) is 1. The van der Waals surface area contributed by atoms with Crippen LogP contribution in [0.3, 0.4) is 0 Å². The van der Waals surface area contributed by atoms with Gasteiger partial charge in [-0.3, -0.25) is 4.79 Å². The number of esters is 1. The Morgan fingerprint density at radius 1 is 1.42 bits per heavy atom. The van der Waals surface area contributed by atoms with Crippen molar-refractivity contribution in [2.45, 2.75) is 32.0 Å². The molecule has 0 radical (unpaired) electrons. The minimum atomic E-state index is -1.90. The molecule has 3 rings (SSSR count). The van der Waals surface area contributed by atoms with E-state index in [-0.39, 0.29) is 42.0 Å². The summed E-state index contributed by atoms with van der Waals surface area (Å²) < 4.78 is 5.97. The summed E-state index contributed by atoms with van der Waals surface area (Å²) in [7, 11) is 0. The van der Waals surface area contributed by atoms with Crippen molar-refractivity contribution in [3.8, 4) is 0 Å². The number of aliphatic carboxylic acids is 1. The van der Waals surface area contributed by atoms with Gasteiger partial charge in [0.25, 0.3) is 5.56 Å². The molecule has 1 aromatic heterocycles. The molecule has 2 aliphatic rings. The predicted molar refractivity (Wildman–Crippen MR) is 78.6 cm³/mol. The second-order valence-electron chi connectivity index (χ2n) is 5.42. The lowest BCUT2D eigenvalue weighted by Gasteiger charge is -2.30. The van der Waals surface area contributed by atoms with E-state index in [0.717, 1.165) is 4.57 Å². The smallest absolute Gasteiger partial charge is 0.342 e. The second kappa shape index (κ2) is 5.18. The molecule has 2 aliphatic heterocycles. The fourth-order valence-electron chi connectivity index (χ4n) is 3.06. The van der Waals surface area contributed by atoms with Crippen LogP contribution in [-0.2, 0) is 33.0 Å². The van der Waals surface area contributed by atoms with Gasteiger partial charge in [-0.2, -0.15) is 0 Å². The molecule has 10 heteroatoms. The molecule has 24 heavy (non-hydrogen) atoms. The molecule has 1 N–H and O–H groups in total. The number of carbonyl (C=O) groups excluding carboxylic acids is 1. The number of pyridine rings is 1. The number of nitroso groups, excluding NO2 is 2. The third-order valence-corrected chi connectivity index (χ3v) is 4.39. The first-order valence-electron chi connectivity index (χ1n) is 7.00. The molecule has 0 aliphatic carbocycles. The van der Waals surface area contributed by atoms with Crippen LogP contribution in [0.4, 0.5) is 0 Å². The number of carboxylic acids is 1. The first-order valence-corrected chi connectivity index (χ1v) is 7.00. The Labute approximate surface area is 133 Å². The van der Waals surface area contributed by atoms with Crippen LogP contribution < -0.4 is 5.56 Å². The normalized spacial score (nSPS) is 21.8. The largest absolute Gasteiger partial charge is 0.478 e. The van der Waals surface area contributed by atoms with E-state index >= 15 is 0 Å². The molecule has 1 atom stereocenters. The maximum atomic E-state index is 12.6. The van der Waals surface area contributed by atoms with Gasteiger partial charge in [0, 0.05) is 5.56 Å². The predicted octanol–water partition coefficient (Wildman–Crippen LogP) is 0.852. The van der Waals surface area contributed by atoms with E-state index in [2.05, 4.69) is 10.4 Å². The van der Waals surface area contributed by atoms with Crippen LogP contribution in [0.1, 0.15) is 30.2 Å². The highest BCUT2D eigenvalue weighted by atomic mass is 16.5. The molecular formula is C14H11N3O7. The molecule has 0 saturated heterocycles. The molecule has 0 spiro atoms. The number of carboxylic acid groups (broad SMARTS) is 1. The van der Waals surface area contributed by atoms with Crippen molar-refractivity contribution < 1.29 is 19.4 Å². The minimum absolute atomic E-state index is 0.0280. The number of rotatable bonds is 4. The van der Waals surface area contributed by atoms with Gasteiger partial charge >= 0.3 is 11.9 Å². The van der Waals surface area contributed by atoms with Crippen LogP contribution in [0.15, 0.2) is 26.8 Å². The summed E-state index contributed by atoms with van der Waals surface area (Å²) in [5.74, 6) is -2.27. The highest BCUT2D eigenvalue weighted by Gasteiger charge is 2.49. The minimum Gasteiger partial charge on any atom is -0.478 e. The van der Waals surface area contributed by atoms with Gasteiger partial charge in [-0.05, 0) is 22.8 Å². The fourth-order valence-corrected chi connectivity index (χ4v) is 3.06. The summed E-state index contributed by atoms with van der Waals surface area (Å²) in [6, 6.07) is 1.26. The number of aromatic nitrogens is 1. The number of hydrogen-bond acceptors (Lipinski definition) is 8. The van der Waals surface area contributed by atoms with Crippen molar-refractivity contribution in [2.75, 3.05) is 0 Å². The van der Waals surface area contributed by atoms with Gasteiger partial charge in [0.1, 0.15) is 12.3 Å². The number of fused-ring (bicyclic) bond motifs is 2. The van der Waals surface area contributed by atoms with Crippen LogP contribution in [-0.4, -0.2) is 21.6 Å². The molecule has 1 aromatic rings. The summed E-state index contributed by atoms with van der Waals surface area (Å²) in [4.78, 5) is 58.4. The zero-order valence-corrected chi connectivity index (χ0v) is 12.4. The topological polar surface area (TPSA) is 144 Å². The quantitative estimate of drug-likeness (QED) is 0.635. The van der Waals surface area contributed by atoms with Crippen LogP contribution in [0.25, 0.3) is 5.70 Å². The Bertz CT molecular complexity index is 898. The molecule has 3 heterocycles. The van der Waals surface area contributed by atoms with E-state index < -0.39 is 28.7 Å². The highest BCUT2D eigenvalue weighted by Crippen LogP contribution is 2.39. The van der Waals surface area contributed by atoms with Crippen molar-refractivity contribution in [3.05, 3.63) is 48.6 Å². The average Bonchev–Trinajstić information content (AvgIpc) is 2.95. The number of carbonyl (C=O) groups is 2. The van der Waals surface area contributed by atoms with Crippen molar-refractivity contribution >= 4 is 17.6 Å². The van der Waals surface area contributed by atoms with Crippen molar-refractivity contribution in [1.82, 2.24) is 4.57 Å². The maximum Gasteiger partial charge on any atom is 0.342 e. The van der Waals surface area contributed by atoms with Gasteiger partial charge in [-0.25, -0.2) is 9.59 Å². The number of nitrogens with zero attached hydrogens (tertiary/aromatic N) is 3. The molecule has 0 bridgehead atoms. The van der Waals surface area contributed by atoms with E-state index in [1.165, 1.54) is 13.0 Å². The van der Waals surface area contributed by atoms with Gasteiger partial charge in [0.2, 0.25) is 5.54 Å². The first kappa shape index (κ1) is 15.7. The van der Waals surface area contributed by atoms with Gasteiger partial charge in [0.15, 0.2) is 0 Å². The summed E-state index contributed by atoms with van der Waals surface area (Å²) in [6.45, 7) is 0.844. The molecular weight excluding hydrogens is 322 g/mol. The third kappa shape index (κ3) is 1.79. The van der Waals surface area contributed by atoms with Gasteiger partial charge in [0.05, 0.1) is 23.4 Å². The molecule has 0 aromatic carbocycles. The molecule has 0 amide bonds. The van der Waals surface area contributed by atoms with E-state index in [4.69, 9.17) is 9.84 Å².